The molecule has 0 aromatic heterocycles. The van der Waals surface area contributed by atoms with E-state index >= 15 is 0 Å². The van der Waals surface area contributed by atoms with Crippen LogP contribution in [0, 0.1) is 0 Å². The Kier molecular flexibility index (Phi) is 13.9. The normalized spacial score (nSPS) is 11.2. The van der Waals surface area contributed by atoms with Gasteiger partial charge in [0, 0.05) is 0 Å². The van der Waals surface area contributed by atoms with Crippen molar-refractivity contribution in [2.24, 2.45) is 0 Å². The Morgan fingerprint density at radius 2 is 0.400 bits per heavy atom. The molecule has 0 radical (unpaired) electrons. The average molecular weight is 879 g/mol. The van der Waals surface area contributed by atoms with Crippen molar-refractivity contribution in [1.82, 2.24) is 0 Å². The van der Waals surface area contributed by atoms with E-state index in [1.165, 1.54) is 54.1 Å². The number of hydrogen-bond acceptors (Lipinski definition) is 0. The zero-order chi connectivity index (χ0) is 35.8. The number of hydrogen-bond donors (Lipinski definition) is 0. The van der Waals surface area contributed by atoms with E-state index in [0.29, 0.717) is 0 Å². The molecule has 0 saturated carbocycles. The summed E-state index contributed by atoms with van der Waals surface area (Å²) in [7, 11) is -3.89. The first-order valence-corrected chi connectivity index (χ1v) is 22.4. The van der Waals surface area contributed by atoms with Crippen LogP contribution in [-0.2, 0) is 18.7 Å². The summed E-state index contributed by atoms with van der Waals surface area (Å²) in [5.74, 6) is 0. The number of halogens is 2. The summed E-state index contributed by atoms with van der Waals surface area (Å²) < 4.78 is 0. The van der Waals surface area contributed by atoms with E-state index in [1.807, 2.05) is 0 Å². The molecule has 0 saturated heterocycles. The van der Waals surface area contributed by atoms with Gasteiger partial charge in [-0.15, -0.1) is 0 Å². The van der Waals surface area contributed by atoms with Crippen molar-refractivity contribution >= 4 is 46.4 Å². The maximum atomic E-state index is 2.37. The average Bonchev–Trinajstić information content (AvgIpc) is 3.25. The van der Waals surface area contributed by atoms with Crippen molar-refractivity contribution in [1.29, 1.82) is 0 Å². The second-order valence-corrected chi connectivity index (χ2v) is 20.7. The van der Waals surface area contributed by atoms with E-state index in [1.54, 1.807) is 0 Å². The second kappa shape index (κ2) is 18.9. The van der Waals surface area contributed by atoms with Crippen LogP contribution >= 0.6 is 14.5 Å². The highest BCUT2D eigenvalue weighted by atomic mass is 79.9. The molecule has 8 rings (SSSR count). The Morgan fingerprint density at radius 3 is 0.600 bits per heavy atom. The third-order valence-corrected chi connectivity index (χ3v) is 19.2. The van der Waals surface area contributed by atoms with E-state index < -0.39 is 14.5 Å². The third kappa shape index (κ3) is 8.70. The highest BCUT2D eigenvalue weighted by Gasteiger charge is 2.46. The minimum absolute atomic E-state index is 0. The zero-order valence-electron chi connectivity index (χ0n) is 30.7. The van der Waals surface area contributed by atoms with Crippen LogP contribution in [0.1, 0.15) is 22.3 Å². The van der Waals surface area contributed by atoms with Crippen molar-refractivity contribution in [3.05, 3.63) is 253 Å². The van der Waals surface area contributed by atoms with Crippen LogP contribution in [0.2, 0.25) is 0 Å². The minimum Gasteiger partial charge on any atom is -1.00 e. The monoisotopic (exact) mass is 876 g/mol. The Morgan fingerprint density at radius 1 is 0.218 bits per heavy atom. The van der Waals surface area contributed by atoms with Crippen LogP contribution in [0.3, 0.4) is 0 Å². The van der Waals surface area contributed by atoms with Gasteiger partial charge in [0.2, 0.25) is 0 Å². The molecule has 0 amide bonds. The lowest BCUT2D eigenvalue weighted by atomic mass is 10.0. The molecule has 0 aliphatic heterocycles. The fraction of sp³-hybridized carbons (Fsp3) is 0.0588. The fourth-order valence-electron chi connectivity index (χ4n) is 7.85. The lowest BCUT2D eigenvalue weighted by molar-refractivity contribution is -0.00100. The molecule has 0 nitrogen and oxygen atoms in total. The summed E-state index contributed by atoms with van der Waals surface area (Å²) >= 11 is 0. The molecule has 8 aromatic rings. The van der Waals surface area contributed by atoms with Gasteiger partial charge in [-0.2, -0.15) is 0 Å². The first-order valence-electron chi connectivity index (χ1n) is 18.5. The molecule has 4 heteroatoms. The van der Waals surface area contributed by atoms with Gasteiger partial charge in [-0.1, -0.05) is 158 Å². The van der Waals surface area contributed by atoms with Gasteiger partial charge in [-0.25, -0.2) is 0 Å². The highest BCUT2D eigenvalue weighted by Crippen LogP contribution is 2.59. The summed E-state index contributed by atoms with van der Waals surface area (Å²) in [5, 5.41) is 8.50. The Balaban J connectivity index is 0.00000257. The van der Waals surface area contributed by atoms with E-state index in [2.05, 4.69) is 231 Å². The Bertz CT molecular complexity index is 1960. The summed E-state index contributed by atoms with van der Waals surface area (Å²) in [5.41, 5.74) is 5.42. The highest BCUT2D eigenvalue weighted by molar-refractivity contribution is 7.95. The maximum absolute atomic E-state index is 2.37. The number of benzene rings is 8. The van der Waals surface area contributed by atoms with E-state index in [4.69, 9.17) is 0 Å². The molecule has 0 heterocycles. The Labute approximate surface area is 349 Å². The van der Waals surface area contributed by atoms with E-state index in [0.717, 1.165) is 18.7 Å². The molecule has 0 fully saturated rings. The molecule has 0 bridgehead atoms. The predicted molar refractivity (Wildman–Crippen MR) is 233 cm³/mol. The lowest BCUT2D eigenvalue weighted by Gasteiger charge is -2.28. The second-order valence-electron chi connectivity index (χ2n) is 13.8. The number of rotatable bonds is 12. The van der Waals surface area contributed by atoms with Crippen LogP contribution in [0.4, 0.5) is 0 Å². The summed E-state index contributed by atoms with van der Waals surface area (Å²) in [4.78, 5) is 0. The molecule has 55 heavy (non-hydrogen) atoms. The van der Waals surface area contributed by atoms with Crippen LogP contribution in [0.5, 0.6) is 0 Å². The van der Waals surface area contributed by atoms with Crippen molar-refractivity contribution < 1.29 is 34.0 Å². The van der Waals surface area contributed by atoms with Gasteiger partial charge in [-0.3, -0.25) is 0 Å². The zero-order valence-corrected chi connectivity index (χ0v) is 35.7. The Hall–Kier alpha value is -4.42. The molecule has 272 valence electrons. The maximum Gasteiger partial charge on any atom is 0.116 e. The first-order chi connectivity index (χ1) is 26.2. The van der Waals surface area contributed by atoms with Crippen molar-refractivity contribution in [2.75, 3.05) is 0 Å². The fourth-order valence-corrected chi connectivity index (χ4v) is 16.3. The first kappa shape index (κ1) is 40.2. The van der Waals surface area contributed by atoms with E-state index in [-0.39, 0.29) is 34.0 Å². The van der Waals surface area contributed by atoms with Gasteiger partial charge in [0.25, 0.3) is 0 Å². The molecule has 0 atom stereocenters. The van der Waals surface area contributed by atoms with Crippen LogP contribution in [-0.4, -0.2) is 0 Å². The summed E-state index contributed by atoms with van der Waals surface area (Å²) in [6, 6.07) is 85.9. The van der Waals surface area contributed by atoms with Gasteiger partial charge < -0.3 is 34.0 Å². The van der Waals surface area contributed by atoms with Crippen molar-refractivity contribution in [3.8, 4) is 0 Å². The van der Waals surface area contributed by atoms with Gasteiger partial charge in [0.1, 0.15) is 46.4 Å². The van der Waals surface area contributed by atoms with Crippen molar-refractivity contribution in [2.45, 2.75) is 18.7 Å². The third-order valence-electron chi connectivity index (χ3n) is 10.5. The minimum atomic E-state index is -1.94. The molecule has 0 N–H and O–H groups in total. The van der Waals surface area contributed by atoms with Gasteiger partial charge in [0.05, 0.1) is 12.3 Å². The predicted octanol–water partition coefficient (Wildman–Crippen LogP) is 4.27. The largest absolute Gasteiger partial charge is 1.00 e. The molecule has 0 spiro atoms. The molecule has 8 aromatic carbocycles. The molecule has 0 unspecified atom stereocenters. The summed E-state index contributed by atoms with van der Waals surface area (Å²) in [6.07, 6.45) is 2.87. The molecular formula is C51H44Br2P2. The molecule has 0 aliphatic carbocycles. The van der Waals surface area contributed by atoms with Crippen LogP contribution < -0.4 is 65.8 Å². The van der Waals surface area contributed by atoms with Gasteiger partial charge in [0.15, 0.2) is 0 Å². The molecule has 0 aliphatic rings. The van der Waals surface area contributed by atoms with E-state index in [9.17, 15) is 0 Å². The lowest BCUT2D eigenvalue weighted by Crippen LogP contribution is -3.00. The topological polar surface area (TPSA) is 0 Å². The van der Waals surface area contributed by atoms with Gasteiger partial charge >= 0.3 is 0 Å². The SMILES string of the molecule is [Br-].[Br-].c1ccc([P+](Cc2ccc(Cc3ccc(C[P+](c4ccccc4)(c4ccccc4)c4ccccc4)cc3)cc2)(c2ccccc2)c2ccccc2)cc1. The smallest absolute Gasteiger partial charge is 0.116 e. The quantitative estimate of drug-likeness (QED) is 0.161. The van der Waals surface area contributed by atoms with Crippen molar-refractivity contribution in [3.63, 3.8) is 0 Å². The van der Waals surface area contributed by atoms with Crippen LogP contribution in [0.25, 0.3) is 0 Å². The molecular weight excluding hydrogens is 834 g/mol. The summed E-state index contributed by atoms with van der Waals surface area (Å²) in [6.45, 7) is 0. The van der Waals surface area contributed by atoms with Crippen LogP contribution in [0.15, 0.2) is 231 Å². The standard InChI is InChI=1S/C51H44P2.2BrH/c1-7-19-46(20-8-1)52(47-21-9-2-10-22-47,48-23-11-3-12-24-48)40-44-35-31-42(32-36-44)39-43-33-37-45(38-34-43)41-53(49-25-13-4-14-26-49,50-27-15-5-16-28-50)51-29-17-6-18-30-51;;/h1-38H,39-41H2;2*1H/q+2;;/p-2. The van der Waals surface area contributed by atoms with Gasteiger partial charge in [-0.05, 0) is 101 Å².